The van der Waals surface area contributed by atoms with E-state index in [1.807, 2.05) is 25.1 Å². The normalized spacial score (nSPS) is 15.9. The van der Waals surface area contributed by atoms with Crippen molar-refractivity contribution in [1.29, 1.82) is 0 Å². The van der Waals surface area contributed by atoms with E-state index in [4.69, 9.17) is 0 Å². The molecule has 0 spiro atoms. The molecule has 8 heteroatoms. The van der Waals surface area contributed by atoms with E-state index in [9.17, 15) is 9.59 Å². The summed E-state index contributed by atoms with van der Waals surface area (Å²) in [6, 6.07) is 5.58. The number of hydrogen-bond donors (Lipinski definition) is 2. The molecular weight excluding hydrogens is 399 g/mol. The third-order valence-corrected chi connectivity index (χ3v) is 4.93. The van der Waals surface area contributed by atoms with E-state index in [1.54, 1.807) is 23.9 Å². The molecule has 2 N–H and O–H groups in total. The molecular formula is C20H28Cl2N4O2. The van der Waals surface area contributed by atoms with E-state index < -0.39 is 5.91 Å². The molecule has 1 atom stereocenters. The summed E-state index contributed by atoms with van der Waals surface area (Å²) in [6.07, 6.45) is 6.54. The number of piperidine rings is 1. The number of rotatable bonds is 5. The van der Waals surface area contributed by atoms with Crippen LogP contribution in [-0.2, 0) is 13.0 Å². The number of pyridine rings is 2. The molecule has 0 radical (unpaired) electrons. The van der Waals surface area contributed by atoms with Gasteiger partial charge in [-0.1, -0.05) is 6.92 Å². The second-order valence-electron chi connectivity index (χ2n) is 6.90. The first-order chi connectivity index (χ1) is 12.6. The number of halogens is 2. The van der Waals surface area contributed by atoms with Crippen molar-refractivity contribution in [2.45, 2.75) is 39.7 Å². The lowest BCUT2D eigenvalue weighted by Gasteiger charge is -2.23. The fourth-order valence-electron chi connectivity index (χ4n) is 3.38. The van der Waals surface area contributed by atoms with Crippen LogP contribution in [0.15, 0.2) is 35.4 Å². The lowest BCUT2D eigenvalue weighted by atomic mass is 9.99. The van der Waals surface area contributed by atoms with Gasteiger partial charge in [0, 0.05) is 18.9 Å². The highest BCUT2D eigenvalue weighted by molar-refractivity contribution is 6.04. The van der Waals surface area contributed by atoms with Gasteiger partial charge in [-0.15, -0.1) is 24.8 Å². The summed E-state index contributed by atoms with van der Waals surface area (Å²) in [6.45, 7) is 6.42. The van der Waals surface area contributed by atoms with Crippen molar-refractivity contribution >= 4 is 36.5 Å². The summed E-state index contributed by atoms with van der Waals surface area (Å²) in [7, 11) is 0. The third kappa shape index (κ3) is 5.80. The van der Waals surface area contributed by atoms with Crippen molar-refractivity contribution < 1.29 is 4.79 Å². The average Bonchev–Trinajstić information content (AvgIpc) is 2.65. The Bertz CT molecular complexity index is 848. The SMILES string of the molecule is CCc1ccnc(NC(=O)c2c(C)ccn(CC3CCCNC3)c2=O)c1.Cl.Cl. The zero-order chi connectivity index (χ0) is 18.5. The van der Waals surface area contributed by atoms with E-state index in [0.717, 1.165) is 37.9 Å². The highest BCUT2D eigenvalue weighted by atomic mass is 35.5. The van der Waals surface area contributed by atoms with Gasteiger partial charge in [-0.05, 0) is 74.5 Å². The first-order valence-electron chi connectivity index (χ1n) is 9.25. The fraction of sp³-hybridized carbons (Fsp3) is 0.450. The first-order valence-corrected chi connectivity index (χ1v) is 9.25. The molecule has 28 heavy (non-hydrogen) atoms. The lowest BCUT2D eigenvalue weighted by molar-refractivity contribution is 0.102. The zero-order valence-corrected chi connectivity index (χ0v) is 17.9. The fourth-order valence-corrected chi connectivity index (χ4v) is 3.38. The Morgan fingerprint density at radius 2 is 2.14 bits per heavy atom. The Labute approximate surface area is 178 Å². The van der Waals surface area contributed by atoms with Crippen LogP contribution < -0.4 is 16.2 Å². The van der Waals surface area contributed by atoms with Crippen molar-refractivity contribution in [2.24, 2.45) is 5.92 Å². The predicted molar refractivity (Wildman–Crippen MR) is 117 cm³/mol. The molecule has 1 amide bonds. The molecule has 0 aromatic carbocycles. The predicted octanol–water partition coefficient (Wildman–Crippen LogP) is 3.21. The molecule has 3 heterocycles. The van der Waals surface area contributed by atoms with Crippen molar-refractivity contribution in [3.8, 4) is 0 Å². The molecule has 2 aromatic heterocycles. The van der Waals surface area contributed by atoms with Gasteiger partial charge in [0.2, 0.25) is 0 Å². The number of hydrogen-bond acceptors (Lipinski definition) is 4. The van der Waals surface area contributed by atoms with E-state index in [0.29, 0.717) is 23.8 Å². The smallest absolute Gasteiger partial charge is 0.263 e. The average molecular weight is 427 g/mol. The van der Waals surface area contributed by atoms with Gasteiger partial charge in [0.15, 0.2) is 0 Å². The maximum absolute atomic E-state index is 12.9. The van der Waals surface area contributed by atoms with Crippen LogP contribution in [0.5, 0.6) is 0 Å². The number of nitrogens with one attached hydrogen (secondary N) is 2. The van der Waals surface area contributed by atoms with Gasteiger partial charge < -0.3 is 15.2 Å². The largest absolute Gasteiger partial charge is 0.316 e. The highest BCUT2D eigenvalue weighted by Gasteiger charge is 2.19. The molecule has 1 saturated heterocycles. The molecule has 3 rings (SSSR count). The van der Waals surface area contributed by atoms with E-state index in [-0.39, 0.29) is 35.9 Å². The molecule has 1 fully saturated rings. The number of carbonyl (C=O) groups is 1. The van der Waals surface area contributed by atoms with Crippen LogP contribution in [-0.4, -0.2) is 28.5 Å². The molecule has 1 aliphatic heterocycles. The minimum absolute atomic E-state index is 0. The van der Waals surface area contributed by atoms with Crippen molar-refractivity contribution in [3.63, 3.8) is 0 Å². The Balaban J connectivity index is 0.00000196. The summed E-state index contributed by atoms with van der Waals surface area (Å²) in [5.74, 6) is 0.493. The van der Waals surface area contributed by atoms with Crippen molar-refractivity contribution in [3.05, 3.63) is 57.6 Å². The minimum Gasteiger partial charge on any atom is -0.316 e. The molecule has 6 nitrogen and oxygen atoms in total. The summed E-state index contributed by atoms with van der Waals surface area (Å²) in [4.78, 5) is 29.8. The van der Waals surface area contributed by atoms with Crippen LogP contribution in [0.25, 0.3) is 0 Å². The van der Waals surface area contributed by atoms with Gasteiger partial charge in [0.1, 0.15) is 11.4 Å². The van der Waals surface area contributed by atoms with Gasteiger partial charge in [-0.25, -0.2) is 4.98 Å². The molecule has 0 aliphatic carbocycles. The van der Waals surface area contributed by atoms with Crippen LogP contribution in [0.1, 0.15) is 41.3 Å². The van der Waals surface area contributed by atoms with Gasteiger partial charge in [0.05, 0.1) is 0 Å². The maximum atomic E-state index is 12.9. The lowest BCUT2D eigenvalue weighted by Crippen LogP contribution is -2.36. The minimum atomic E-state index is -0.399. The summed E-state index contributed by atoms with van der Waals surface area (Å²) >= 11 is 0. The Morgan fingerprint density at radius 3 is 2.82 bits per heavy atom. The zero-order valence-electron chi connectivity index (χ0n) is 16.2. The number of aromatic nitrogens is 2. The van der Waals surface area contributed by atoms with E-state index in [1.165, 1.54) is 0 Å². The molecule has 0 bridgehead atoms. The number of aryl methyl sites for hydroxylation is 2. The number of amides is 1. The molecule has 2 aromatic rings. The van der Waals surface area contributed by atoms with Crippen LogP contribution in [0, 0.1) is 12.8 Å². The van der Waals surface area contributed by atoms with Crippen LogP contribution in [0.2, 0.25) is 0 Å². The number of nitrogens with zero attached hydrogens (tertiary/aromatic N) is 2. The van der Waals surface area contributed by atoms with E-state index >= 15 is 0 Å². The van der Waals surface area contributed by atoms with Gasteiger partial charge in [-0.2, -0.15) is 0 Å². The van der Waals surface area contributed by atoms with Crippen molar-refractivity contribution in [1.82, 2.24) is 14.9 Å². The number of carbonyl (C=O) groups excluding carboxylic acids is 1. The maximum Gasteiger partial charge on any atom is 0.263 e. The van der Waals surface area contributed by atoms with Gasteiger partial charge >= 0.3 is 0 Å². The Morgan fingerprint density at radius 1 is 1.36 bits per heavy atom. The summed E-state index contributed by atoms with van der Waals surface area (Å²) in [5.41, 5.74) is 1.72. The molecule has 1 aliphatic rings. The monoisotopic (exact) mass is 426 g/mol. The second-order valence-corrected chi connectivity index (χ2v) is 6.90. The summed E-state index contributed by atoms with van der Waals surface area (Å²) in [5, 5.41) is 6.13. The third-order valence-electron chi connectivity index (χ3n) is 4.93. The number of anilines is 1. The Hall–Kier alpha value is -1.89. The van der Waals surface area contributed by atoms with Crippen LogP contribution >= 0.6 is 24.8 Å². The standard InChI is InChI=1S/C20H26N4O2.2ClH/c1-3-15-6-9-22-17(11-15)23-19(25)18-14(2)7-10-24(20(18)26)13-16-5-4-8-21-12-16;;/h6-7,9-11,16,21H,3-5,8,12-13H2,1-2H3,(H,22,23,25);2*1H. The summed E-state index contributed by atoms with van der Waals surface area (Å²) < 4.78 is 1.66. The van der Waals surface area contributed by atoms with Gasteiger partial charge in [-0.3, -0.25) is 9.59 Å². The molecule has 1 unspecified atom stereocenters. The molecule has 0 saturated carbocycles. The van der Waals surface area contributed by atoms with Crippen LogP contribution in [0.4, 0.5) is 5.82 Å². The first kappa shape index (κ1) is 24.1. The van der Waals surface area contributed by atoms with Gasteiger partial charge in [0.25, 0.3) is 11.5 Å². The highest BCUT2D eigenvalue weighted by Crippen LogP contribution is 2.13. The van der Waals surface area contributed by atoms with E-state index in [2.05, 4.69) is 15.6 Å². The second kappa shape index (κ2) is 11.2. The molecule has 154 valence electrons. The Kier molecular flexibility index (Phi) is 9.65. The quantitative estimate of drug-likeness (QED) is 0.769. The van der Waals surface area contributed by atoms with Crippen LogP contribution in [0.3, 0.4) is 0 Å². The van der Waals surface area contributed by atoms with Crippen molar-refractivity contribution in [2.75, 3.05) is 18.4 Å². The topological polar surface area (TPSA) is 76.0 Å².